The fourth-order valence-electron chi connectivity index (χ4n) is 7.09. The van der Waals surface area contributed by atoms with Gasteiger partial charge in [-0.3, -0.25) is 14.5 Å². The number of rotatable bonds is 9. The number of ether oxygens (including phenoxy) is 1. The number of likely N-dealkylation sites (tertiary alicyclic amines) is 1. The van der Waals surface area contributed by atoms with Gasteiger partial charge in [-0.05, 0) is 61.8 Å². The molecule has 1 N–H and O–H groups in total. The van der Waals surface area contributed by atoms with Crippen molar-refractivity contribution >= 4 is 50.1 Å². The maximum Gasteiger partial charge on any atom is 0.259 e. The van der Waals surface area contributed by atoms with Crippen molar-refractivity contribution in [3.63, 3.8) is 0 Å². The number of furan rings is 1. The van der Waals surface area contributed by atoms with E-state index in [1.807, 2.05) is 0 Å². The number of halogens is 2. The molecule has 254 valence electrons. The zero-order chi connectivity index (χ0) is 33.3. The number of sulfonamides is 1. The van der Waals surface area contributed by atoms with E-state index in [1.54, 1.807) is 29.2 Å². The molecule has 2 saturated heterocycles. The Morgan fingerprint density at radius 2 is 1.81 bits per heavy atom. The average molecular weight is 689 g/mol. The Kier molecular flexibility index (Phi) is 10.2. The Bertz CT molecular complexity index is 1720. The predicted molar refractivity (Wildman–Crippen MR) is 179 cm³/mol. The van der Waals surface area contributed by atoms with Crippen LogP contribution in [0.2, 0.25) is 5.02 Å². The molecule has 0 bridgehead atoms. The van der Waals surface area contributed by atoms with Gasteiger partial charge in [-0.2, -0.15) is 4.31 Å². The third-order valence-corrected chi connectivity index (χ3v) is 11.5. The lowest BCUT2D eigenvalue weighted by molar-refractivity contribution is -0.133. The molecule has 1 aromatic heterocycles. The van der Waals surface area contributed by atoms with Crippen LogP contribution in [0.3, 0.4) is 0 Å². The van der Waals surface area contributed by atoms with Gasteiger partial charge in [0.05, 0.1) is 47.7 Å². The van der Waals surface area contributed by atoms with Crippen LogP contribution >= 0.6 is 11.6 Å². The number of carbonyl (C=O) groups is 2. The Balaban J connectivity index is 1.13. The SMILES string of the molecule is CS(=O)(=O)N1CCN([C@H]2C[C@@H](CO[C@H]3CC[C@H](C)CC3)N(C(=O)Cc3cc(Cl)c(NC(=O)c4coc5ccccc45)cc3F)C2)CC1. The third-order valence-electron chi connectivity index (χ3n) is 9.91. The number of anilines is 1. The molecule has 3 fully saturated rings. The maximum absolute atomic E-state index is 15.5. The van der Waals surface area contributed by atoms with E-state index in [2.05, 4.69) is 17.1 Å². The summed E-state index contributed by atoms with van der Waals surface area (Å²) in [6.45, 7) is 5.11. The first-order chi connectivity index (χ1) is 22.5. The quantitative estimate of drug-likeness (QED) is 0.331. The molecule has 2 aliphatic heterocycles. The topological polar surface area (TPSA) is 112 Å². The van der Waals surface area contributed by atoms with Crippen LogP contribution in [0.15, 0.2) is 47.1 Å². The second-order valence-electron chi connectivity index (χ2n) is 13.2. The van der Waals surface area contributed by atoms with Crippen molar-refractivity contribution in [2.75, 3.05) is 50.9 Å². The van der Waals surface area contributed by atoms with Gasteiger partial charge in [0.2, 0.25) is 15.9 Å². The molecule has 3 heterocycles. The molecule has 0 unspecified atom stereocenters. The molecular weight excluding hydrogens is 647 g/mol. The molecule has 3 aliphatic rings. The van der Waals surface area contributed by atoms with E-state index < -0.39 is 21.7 Å². The number of fused-ring (bicyclic) bond motifs is 1. The maximum atomic E-state index is 15.5. The molecule has 10 nitrogen and oxygen atoms in total. The number of nitrogens with one attached hydrogen (secondary N) is 1. The Morgan fingerprint density at radius 1 is 1.09 bits per heavy atom. The van der Waals surface area contributed by atoms with Gasteiger partial charge in [-0.15, -0.1) is 0 Å². The number of para-hydroxylation sites is 1. The fraction of sp³-hybridized carbons (Fsp3) is 0.529. The van der Waals surface area contributed by atoms with Crippen molar-refractivity contribution in [3.05, 3.63) is 64.6 Å². The van der Waals surface area contributed by atoms with Crippen LogP contribution in [0.25, 0.3) is 11.0 Å². The molecule has 0 spiro atoms. The Morgan fingerprint density at radius 3 is 2.53 bits per heavy atom. The Hall–Kier alpha value is -3.03. The van der Waals surface area contributed by atoms with Gasteiger partial charge in [0, 0.05) is 44.2 Å². The summed E-state index contributed by atoms with van der Waals surface area (Å²) in [6.07, 6.45) is 7.50. The number of hydrogen-bond acceptors (Lipinski definition) is 7. The number of amides is 2. The average Bonchev–Trinajstić information content (AvgIpc) is 3.68. The summed E-state index contributed by atoms with van der Waals surface area (Å²) in [5, 5.41) is 3.41. The van der Waals surface area contributed by atoms with Gasteiger partial charge in [0.25, 0.3) is 5.91 Å². The molecule has 2 atom stereocenters. The first-order valence-corrected chi connectivity index (χ1v) is 18.5. The predicted octanol–water partition coefficient (Wildman–Crippen LogP) is 5.16. The molecule has 3 aromatic rings. The Labute approximate surface area is 280 Å². The standard InChI is InChI=1S/C34H42ClFN4O6S/c1-22-7-9-26(10-8-22)45-20-25-17-24(38-11-13-39(14-12-38)47(2,43)44)19-40(25)33(41)16-23-15-29(35)31(18-30(23)36)37-34(42)28-21-46-32-6-4-3-5-27(28)32/h3-6,15,18,21-22,24-26H,7-14,16-17,19-20H2,1-2H3,(H,37,42)/t22-,24-,25-,26-/m0/s1. The van der Waals surface area contributed by atoms with Gasteiger partial charge in [0.15, 0.2) is 0 Å². The van der Waals surface area contributed by atoms with Crippen LogP contribution in [0, 0.1) is 11.7 Å². The summed E-state index contributed by atoms with van der Waals surface area (Å²) in [7, 11) is -3.26. The van der Waals surface area contributed by atoms with Crippen molar-refractivity contribution < 1.29 is 31.6 Å². The number of benzene rings is 2. The van der Waals surface area contributed by atoms with Crippen LogP contribution in [-0.2, 0) is 26.0 Å². The normalized spacial score (nSPS) is 24.6. The van der Waals surface area contributed by atoms with Crippen LogP contribution in [0.4, 0.5) is 10.1 Å². The lowest BCUT2D eigenvalue weighted by Gasteiger charge is -2.36. The van der Waals surface area contributed by atoms with Crippen LogP contribution in [0.5, 0.6) is 0 Å². The zero-order valence-electron chi connectivity index (χ0n) is 26.8. The highest BCUT2D eigenvalue weighted by Gasteiger charge is 2.40. The summed E-state index contributed by atoms with van der Waals surface area (Å²) >= 11 is 6.51. The molecule has 0 radical (unpaired) electrons. The molecule has 2 amide bonds. The molecule has 1 saturated carbocycles. The molecule has 47 heavy (non-hydrogen) atoms. The molecule has 13 heteroatoms. The van der Waals surface area contributed by atoms with E-state index in [9.17, 15) is 18.0 Å². The highest BCUT2D eigenvalue weighted by molar-refractivity contribution is 7.88. The molecule has 1 aliphatic carbocycles. The largest absolute Gasteiger partial charge is 0.463 e. The summed E-state index contributed by atoms with van der Waals surface area (Å²) in [5.74, 6) is -0.672. The van der Waals surface area contributed by atoms with Crippen molar-refractivity contribution in [2.45, 2.75) is 63.6 Å². The summed E-state index contributed by atoms with van der Waals surface area (Å²) in [4.78, 5) is 30.8. The number of piperazine rings is 1. The highest BCUT2D eigenvalue weighted by Crippen LogP contribution is 2.31. The van der Waals surface area contributed by atoms with E-state index in [1.165, 1.54) is 22.9 Å². The highest BCUT2D eigenvalue weighted by atomic mass is 35.5. The van der Waals surface area contributed by atoms with Gasteiger partial charge in [-0.1, -0.05) is 36.7 Å². The lowest BCUT2D eigenvalue weighted by Crippen LogP contribution is -2.52. The fourth-order valence-corrected chi connectivity index (χ4v) is 8.15. The minimum absolute atomic E-state index is 0.0469. The minimum atomic E-state index is -3.26. The number of carbonyl (C=O) groups excluding carboxylic acids is 2. The van der Waals surface area contributed by atoms with Crippen LogP contribution in [-0.4, -0.2) is 98.1 Å². The van der Waals surface area contributed by atoms with E-state index in [0.29, 0.717) is 68.2 Å². The van der Waals surface area contributed by atoms with Gasteiger partial charge in [0.1, 0.15) is 17.7 Å². The number of hydrogen-bond donors (Lipinski definition) is 1. The second kappa shape index (κ2) is 14.2. The number of nitrogens with zero attached hydrogens (tertiary/aromatic N) is 3. The second-order valence-corrected chi connectivity index (χ2v) is 15.6. The molecular formula is C34H42ClFN4O6S. The summed E-state index contributed by atoms with van der Waals surface area (Å²) in [5.41, 5.74) is 1.09. The first kappa shape index (κ1) is 33.9. The van der Waals surface area contributed by atoms with Crippen molar-refractivity contribution in [3.8, 4) is 0 Å². The first-order valence-electron chi connectivity index (χ1n) is 16.3. The zero-order valence-corrected chi connectivity index (χ0v) is 28.4. The van der Waals surface area contributed by atoms with Crippen molar-refractivity contribution in [1.82, 2.24) is 14.1 Å². The van der Waals surface area contributed by atoms with E-state index in [4.69, 9.17) is 20.8 Å². The third kappa shape index (κ3) is 7.83. The monoisotopic (exact) mass is 688 g/mol. The summed E-state index contributed by atoms with van der Waals surface area (Å²) < 4.78 is 52.8. The minimum Gasteiger partial charge on any atom is -0.463 e. The van der Waals surface area contributed by atoms with E-state index in [-0.39, 0.29) is 46.8 Å². The van der Waals surface area contributed by atoms with Crippen LogP contribution in [0.1, 0.15) is 54.9 Å². The lowest BCUT2D eigenvalue weighted by atomic mass is 9.89. The van der Waals surface area contributed by atoms with Crippen molar-refractivity contribution in [1.29, 1.82) is 0 Å². The van der Waals surface area contributed by atoms with Crippen LogP contribution < -0.4 is 5.32 Å². The van der Waals surface area contributed by atoms with Crippen molar-refractivity contribution in [2.24, 2.45) is 5.92 Å². The smallest absolute Gasteiger partial charge is 0.259 e. The summed E-state index contributed by atoms with van der Waals surface area (Å²) in [6, 6.07) is 9.51. The molecule has 6 rings (SSSR count). The van der Waals surface area contributed by atoms with Gasteiger partial charge >= 0.3 is 0 Å². The molecule has 2 aromatic carbocycles. The van der Waals surface area contributed by atoms with Gasteiger partial charge < -0.3 is 19.4 Å². The van der Waals surface area contributed by atoms with E-state index in [0.717, 1.165) is 31.7 Å². The van der Waals surface area contributed by atoms with Gasteiger partial charge in [-0.25, -0.2) is 12.8 Å². The van der Waals surface area contributed by atoms with E-state index >= 15 is 4.39 Å².